The summed E-state index contributed by atoms with van der Waals surface area (Å²) < 4.78 is 36.8. The Labute approximate surface area is 122 Å². The van der Waals surface area contributed by atoms with E-state index in [9.17, 15) is 18.0 Å². The maximum atomic E-state index is 12.3. The summed E-state index contributed by atoms with van der Waals surface area (Å²) in [4.78, 5) is 13.0. The fourth-order valence-corrected chi connectivity index (χ4v) is 2.46. The van der Waals surface area contributed by atoms with Crippen LogP contribution in [-0.2, 0) is 0 Å². The van der Waals surface area contributed by atoms with Crippen LogP contribution < -0.4 is 10.6 Å². The Morgan fingerprint density at radius 1 is 1.48 bits per heavy atom. The van der Waals surface area contributed by atoms with Gasteiger partial charge in [0.05, 0.1) is 6.54 Å². The van der Waals surface area contributed by atoms with E-state index in [-0.39, 0.29) is 24.6 Å². The van der Waals surface area contributed by atoms with E-state index in [2.05, 4.69) is 10.6 Å². The highest BCUT2D eigenvalue weighted by Crippen LogP contribution is 2.22. The van der Waals surface area contributed by atoms with Crippen molar-refractivity contribution in [1.29, 1.82) is 0 Å². The molecule has 0 aromatic carbocycles. The number of hydrogen-bond acceptors (Lipinski definition) is 3. The van der Waals surface area contributed by atoms with Gasteiger partial charge in [0.25, 0.3) is 0 Å². The van der Waals surface area contributed by atoms with Gasteiger partial charge in [-0.25, -0.2) is 4.79 Å². The molecule has 1 heterocycles. The molecule has 1 rings (SSSR count). The van der Waals surface area contributed by atoms with Crippen molar-refractivity contribution in [2.45, 2.75) is 38.4 Å². The van der Waals surface area contributed by atoms with Crippen LogP contribution in [0.4, 0.5) is 18.0 Å². The highest BCUT2D eigenvalue weighted by atomic mass is 19.4. The lowest BCUT2D eigenvalue weighted by Crippen LogP contribution is -2.43. The molecule has 2 amide bonds. The lowest BCUT2D eigenvalue weighted by Gasteiger charge is -2.18. The number of halogens is 3. The summed E-state index contributed by atoms with van der Waals surface area (Å²) in [6, 6.07) is -0.350. The minimum atomic E-state index is -4.16. The minimum Gasteiger partial charge on any atom is -0.396 e. The number of rotatable bonds is 7. The van der Waals surface area contributed by atoms with E-state index in [0.717, 1.165) is 0 Å². The van der Waals surface area contributed by atoms with Gasteiger partial charge in [0, 0.05) is 25.7 Å². The Bertz CT molecular complexity index is 326. The summed E-state index contributed by atoms with van der Waals surface area (Å²) in [5.41, 5.74) is 0. The zero-order valence-corrected chi connectivity index (χ0v) is 12.2. The first-order valence-electron chi connectivity index (χ1n) is 7.24. The Kier molecular flexibility index (Phi) is 7.24. The van der Waals surface area contributed by atoms with Crippen LogP contribution in [0.1, 0.15) is 26.2 Å². The zero-order valence-electron chi connectivity index (χ0n) is 12.2. The van der Waals surface area contributed by atoms with Crippen molar-refractivity contribution in [2.24, 2.45) is 5.92 Å². The van der Waals surface area contributed by atoms with Gasteiger partial charge in [-0.05, 0) is 38.6 Å². The molecule has 1 aliphatic heterocycles. The molecule has 2 unspecified atom stereocenters. The van der Waals surface area contributed by atoms with Crippen LogP contribution in [0.15, 0.2) is 0 Å². The second-order valence-corrected chi connectivity index (χ2v) is 5.63. The van der Waals surface area contributed by atoms with E-state index in [1.807, 2.05) is 6.92 Å². The predicted molar refractivity (Wildman–Crippen MR) is 72.9 cm³/mol. The average molecular weight is 311 g/mol. The summed E-state index contributed by atoms with van der Waals surface area (Å²) in [7, 11) is 0. The molecule has 0 radical (unpaired) electrons. The maximum absolute atomic E-state index is 12.3. The molecule has 0 saturated carbocycles. The minimum absolute atomic E-state index is 0.0394. The number of amides is 2. The predicted octanol–water partition coefficient (Wildman–Crippen LogP) is 1.33. The van der Waals surface area contributed by atoms with Gasteiger partial charge in [-0.2, -0.15) is 13.2 Å². The second kappa shape index (κ2) is 8.43. The fraction of sp³-hybridized carbons (Fsp3) is 0.923. The largest absolute Gasteiger partial charge is 0.401 e. The molecule has 124 valence electrons. The summed E-state index contributed by atoms with van der Waals surface area (Å²) >= 11 is 0. The number of nitrogens with zero attached hydrogens (tertiary/aromatic N) is 1. The van der Waals surface area contributed by atoms with E-state index in [4.69, 9.17) is 5.11 Å². The molecule has 1 fully saturated rings. The number of alkyl halides is 3. The molecule has 0 spiro atoms. The number of hydrogen-bond donors (Lipinski definition) is 3. The van der Waals surface area contributed by atoms with Gasteiger partial charge in [-0.1, -0.05) is 0 Å². The molecule has 0 aromatic rings. The summed E-state index contributed by atoms with van der Waals surface area (Å²) in [6.07, 6.45) is -2.19. The molecule has 0 bridgehead atoms. The van der Waals surface area contributed by atoms with E-state index >= 15 is 0 Å². The number of aliphatic hydroxyl groups is 1. The number of urea groups is 1. The third kappa shape index (κ3) is 8.11. The third-order valence-corrected chi connectivity index (χ3v) is 3.50. The van der Waals surface area contributed by atoms with Gasteiger partial charge in [0.1, 0.15) is 0 Å². The van der Waals surface area contributed by atoms with Crippen LogP contribution in [0.25, 0.3) is 0 Å². The molecule has 21 heavy (non-hydrogen) atoms. The second-order valence-electron chi connectivity index (χ2n) is 5.63. The van der Waals surface area contributed by atoms with Gasteiger partial charge >= 0.3 is 12.2 Å². The Morgan fingerprint density at radius 3 is 2.81 bits per heavy atom. The van der Waals surface area contributed by atoms with Crippen molar-refractivity contribution in [2.75, 3.05) is 32.8 Å². The Balaban J connectivity index is 2.17. The molecule has 0 aliphatic carbocycles. The van der Waals surface area contributed by atoms with Crippen LogP contribution >= 0.6 is 0 Å². The van der Waals surface area contributed by atoms with Crippen molar-refractivity contribution in [3.63, 3.8) is 0 Å². The Hall–Kier alpha value is -1.02. The van der Waals surface area contributed by atoms with Crippen molar-refractivity contribution in [3.8, 4) is 0 Å². The molecule has 8 heteroatoms. The van der Waals surface area contributed by atoms with Crippen LogP contribution in [0.5, 0.6) is 0 Å². The van der Waals surface area contributed by atoms with Gasteiger partial charge in [0.15, 0.2) is 0 Å². The normalized spacial score (nSPS) is 21.3. The van der Waals surface area contributed by atoms with Gasteiger partial charge < -0.3 is 15.7 Å². The van der Waals surface area contributed by atoms with Crippen molar-refractivity contribution in [1.82, 2.24) is 15.5 Å². The first-order valence-corrected chi connectivity index (χ1v) is 7.24. The lowest BCUT2D eigenvalue weighted by atomic mass is 10.1. The van der Waals surface area contributed by atoms with E-state index < -0.39 is 12.7 Å². The van der Waals surface area contributed by atoms with Crippen molar-refractivity contribution < 1.29 is 23.1 Å². The third-order valence-electron chi connectivity index (χ3n) is 3.50. The standard InChI is InChI=1S/C13H24F3N3O2/c1-10(3-2-6-20)18-12(21)17-7-11-4-5-19(8-11)9-13(14,15)16/h10-11,20H,2-9H2,1H3,(H2,17,18,21). The molecular formula is C13H24F3N3O2. The number of likely N-dealkylation sites (tertiary alicyclic amines) is 1. The van der Waals surface area contributed by atoms with Crippen LogP contribution in [0, 0.1) is 5.92 Å². The molecule has 1 saturated heterocycles. The number of aliphatic hydroxyl groups excluding tert-OH is 1. The molecule has 0 aromatic heterocycles. The maximum Gasteiger partial charge on any atom is 0.401 e. The quantitative estimate of drug-likeness (QED) is 0.665. The summed E-state index contributed by atoms with van der Waals surface area (Å²) in [5.74, 6) is 0.0610. The van der Waals surface area contributed by atoms with E-state index in [0.29, 0.717) is 38.9 Å². The van der Waals surface area contributed by atoms with E-state index in [1.165, 1.54) is 4.90 Å². The van der Waals surface area contributed by atoms with Crippen LogP contribution in [-0.4, -0.2) is 61.0 Å². The number of nitrogens with one attached hydrogen (secondary N) is 2. The highest BCUT2D eigenvalue weighted by molar-refractivity contribution is 5.74. The Morgan fingerprint density at radius 2 is 2.19 bits per heavy atom. The SMILES string of the molecule is CC(CCCO)NC(=O)NCC1CCN(CC(F)(F)F)C1. The molecule has 5 nitrogen and oxygen atoms in total. The first kappa shape index (κ1) is 18.0. The zero-order chi connectivity index (χ0) is 15.9. The van der Waals surface area contributed by atoms with Gasteiger partial charge in [-0.3, -0.25) is 4.90 Å². The topological polar surface area (TPSA) is 64.6 Å². The van der Waals surface area contributed by atoms with Crippen molar-refractivity contribution in [3.05, 3.63) is 0 Å². The van der Waals surface area contributed by atoms with Gasteiger partial charge in [0.2, 0.25) is 0 Å². The molecule has 3 N–H and O–H groups in total. The van der Waals surface area contributed by atoms with Crippen LogP contribution in [0.2, 0.25) is 0 Å². The monoisotopic (exact) mass is 311 g/mol. The average Bonchev–Trinajstić information content (AvgIpc) is 2.79. The molecule has 2 atom stereocenters. The highest BCUT2D eigenvalue weighted by Gasteiger charge is 2.34. The smallest absolute Gasteiger partial charge is 0.396 e. The number of carbonyl (C=O) groups excluding carboxylic acids is 1. The first-order chi connectivity index (χ1) is 9.80. The van der Waals surface area contributed by atoms with Gasteiger partial charge in [-0.15, -0.1) is 0 Å². The van der Waals surface area contributed by atoms with Crippen molar-refractivity contribution >= 4 is 6.03 Å². The molecular weight excluding hydrogens is 287 g/mol. The fourth-order valence-electron chi connectivity index (χ4n) is 2.46. The number of carbonyl (C=O) groups is 1. The summed E-state index contributed by atoms with van der Waals surface area (Å²) in [5, 5.41) is 14.1. The summed E-state index contributed by atoms with van der Waals surface area (Å²) in [6.45, 7) is 2.21. The van der Waals surface area contributed by atoms with Crippen LogP contribution in [0.3, 0.4) is 0 Å². The van der Waals surface area contributed by atoms with E-state index in [1.54, 1.807) is 0 Å². The molecule has 1 aliphatic rings. The lowest BCUT2D eigenvalue weighted by molar-refractivity contribution is -0.143.